The number of esters is 1. The van der Waals surface area contributed by atoms with E-state index in [4.69, 9.17) is 0 Å². The summed E-state index contributed by atoms with van der Waals surface area (Å²) in [6.45, 7) is 5.47. The summed E-state index contributed by atoms with van der Waals surface area (Å²) in [7, 11) is 1.33. The van der Waals surface area contributed by atoms with Gasteiger partial charge in [0.1, 0.15) is 5.25 Å². The molecular weight excluding hydrogens is 230 g/mol. The number of thioether (sulfide) groups is 1. The van der Waals surface area contributed by atoms with Crippen LogP contribution in [0, 0.1) is 0 Å². The van der Waals surface area contributed by atoms with Gasteiger partial charge in [0.05, 0.1) is 7.11 Å². The maximum Gasteiger partial charge on any atom is 0.344 e. The molecule has 1 N–H and O–H groups in total. The third kappa shape index (κ3) is 2.66. The van der Waals surface area contributed by atoms with Crippen LogP contribution in [0.1, 0.15) is 26.8 Å². The highest BCUT2D eigenvalue weighted by Crippen LogP contribution is 2.22. The Bertz CT molecular complexity index is 424. The van der Waals surface area contributed by atoms with Gasteiger partial charge in [-0.2, -0.15) is 0 Å². The van der Waals surface area contributed by atoms with Gasteiger partial charge < -0.3 is 4.74 Å². The normalized spacial score (nSPS) is 12.8. The fraction of sp³-hybridized carbons (Fsp3) is 0.667. The van der Waals surface area contributed by atoms with Crippen LogP contribution in [0.3, 0.4) is 0 Å². The molecule has 0 aliphatic rings. The Morgan fingerprint density at radius 2 is 2.12 bits per heavy atom. The Hall–Kier alpha value is -1.24. The van der Waals surface area contributed by atoms with Crippen LogP contribution in [0.15, 0.2) is 9.95 Å². The van der Waals surface area contributed by atoms with E-state index in [0.717, 1.165) is 0 Å². The highest BCUT2D eigenvalue weighted by Gasteiger charge is 2.20. The first-order valence-corrected chi connectivity index (χ1v) is 5.76. The predicted octanol–water partition coefficient (Wildman–Crippen LogP) is 0.806. The van der Waals surface area contributed by atoms with Gasteiger partial charge in [0, 0.05) is 6.04 Å². The number of hydrogen-bond acceptors (Lipinski definition) is 5. The zero-order valence-corrected chi connectivity index (χ0v) is 10.5. The van der Waals surface area contributed by atoms with Crippen molar-refractivity contribution < 1.29 is 9.53 Å². The molecule has 1 unspecified atom stereocenters. The molecule has 0 bridgehead atoms. The minimum atomic E-state index is -0.391. The van der Waals surface area contributed by atoms with Crippen LogP contribution < -0.4 is 5.69 Å². The van der Waals surface area contributed by atoms with Crippen molar-refractivity contribution in [3.05, 3.63) is 10.5 Å². The number of carbonyl (C=O) groups excluding carboxylic acids is 1. The lowest BCUT2D eigenvalue weighted by molar-refractivity contribution is -0.139. The number of ether oxygens (including phenoxy) is 1. The van der Waals surface area contributed by atoms with Gasteiger partial charge in [-0.3, -0.25) is 9.36 Å². The van der Waals surface area contributed by atoms with Gasteiger partial charge in [0.15, 0.2) is 5.16 Å². The second-order valence-corrected chi connectivity index (χ2v) is 4.87. The SMILES string of the molecule is COC(=O)C(C)Sc1n[nH]c(=O)n1C(C)C. The number of aromatic nitrogens is 3. The van der Waals surface area contributed by atoms with Crippen molar-refractivity contribution in [2.75, 3.05) is 7.11 Å². The minimum Gasteiger partial charge on any atom is -0.468 e. The molecule has 0 saturated heterocycles. The molecule has 16 heavy (non-hydrogen) atoms. The molecule has 1 heterocycles. The van der Waals surface area contributed by atoms with Crippen LogP contribution in [0.5, 0.6) is 0 Å². The number of nitrogens with one attached hydrogen (secondary N) is 1. The van der Waals surface area contributed by atoms with Gasteiger partial charge in [0.25, 0.3) is 0 Å². The monoisotopic (exact) mass is 245 g/mol. The van der Waals surface area contributed by atoms with E-state index >= 15 is 0 Å². The maximum absolute atomic E-state index is 11.4. The van der Waals surface area contributed by atoms with Gasteiger partial charge in [-0.1, -0.05) is 11.8 Å². The number of methoxy groups -OCH3 is 1. The number of aromatic amines is 1. The smallest absolute Gasteiger partial charge is 0.344 e. The van der Waals surface area contributed by atoms with Crippen molar-refractivity contribution in [2.45, 2.75) is 37.2 Å². The molecule has 1 rings (SSSR count). The summed E-state index contributed by atoms with van der Waals surface area (Å²) < 4.78 is 6.11. The van der Waals surface area contributed by atoms with E-state index in [1.165, 1.54) is 23.4 Å². The molecular formula is C9H15N3O3S. The number of rotatable bonds is 4. The number of H-pyrrole nitrogens is 1. The van der Waals surface area contributed by atoms with Gasteiger partial charge in [-0.05, 0) is 20.8 Å². The summed E-state index contributed by atoms with van der Waals surface area (Å²) in [4.78, 5) is 22.7. The van der Waals surface area contributed by atoms with Crippen molar-refractivity contribution in [2.24, 2.45) is 0 Å². The molecule has 0 aliphatic carbocycles. The highest BCUT2D eigenvalue weighted by atomic mass is 32.2. The average Bonchev–Trinajstić information content (AvgIpc) is 2.58. The fourth-order valence-corrected chi connectivity index (χ4v) is 2.22. The summed E-state index contributed by atoms with van der Waals surface area (Å²) in [5, 5.41) is 6.35. The van der Waals surface area contributed by atoms with Crippen molar-refractivity contribution in [1.82, 2.24) is 14.8 Å². The molecule has 0 saturated carbocycles. The van der Waals surface area contributed by atoms with Crippen LogP contribution in [-0.2, 0) is 9.53 Å². The Balaban J connectivity index is 2.90. The van der Waals surface area contributed by atoms with Crippen molar-refractivity contribution in [1.29, 1.82) is 0 Å². The van der Waals surface area contributed by atoms with E-state index in [1.54, 1.807) is 6.92 Å². The molecule has 1 atom stereocenters. The average molecular weight is 245 g/mol. The summed E-state index contributed by atoms with van der Waals surface area (Å²) in [6, 6.07) is -0.00130. The topological polar surface area (TPSA) is 77.0 Å². The van der Waals surface area contributed by atoms with Gasteiger partial charge in [-0.25, -0.2) is 9.89 Å². The second-order valence-electron chi connectivity index (χ2n) is 3.56. The molecule has 1 aromatic rings. The molecule has 90 valence electrons. The fourth-order valence-electron chi connectivity index (χ4n) is 1.20. The largest absolute Gasteiger partial charge is 0.468 e. The molecule has 0 aromatic carbocycles. The predicted molar refractivity (Wildman–Crippen MR) is 60.6 cm³/mol. The molecule has 0 amide bonds. The molecule has 0 aliphatic heterocycles. The first kappa shape index (κ1) is 12.8. The molecule has 0 fully saturated rings. The summed E-state index contributed by atoms with van der Waals surface area (Å²) in [5.74, 6) is -0.337. The Morgan fingerprint density at radius 3 is 2.62 bits per heavy atom. The number of carbonyl (C=O) groups is 1. The van der Waals surface area contributed by atoms with E-state index in [-0.39, 0.29) is 17.7 Å². The van der Waals surface area contributed by atoms with Gasteiger partial charge in [0.2, 0.25) is 0 Å². The van der Waals surface area contributed by atoms with Gasteiger partial charge >= 0.3 is 11.7 Å². The van der Waals surface area contributed by atoms with Crippen molar-refractivity contribution in [3.63, 3.8) is 0 Å². The molecule has 6 nitrogen and oxygen atoms in total. The number of nitrogens with zero attached hydrogens (tertiary/aromatic N) is 2. The van der Waals surface area contributed by atoms with Gasteiger partial charge in [-0.15, -0.1) is 5.10 Å². The second kappa shape index (κ2) is 5.20. The first-order valence-electron chi connectivity index (χ1n) is 4.88. The van der Waals surface area contributed by atoms with Crippen molar-refractivity contribution in [3.8, 4) is 0 Å². The zero-order valence-electron chi connectivity index (χ0n) is 9.68. The minimum absolute atomic E-state index is 0.00130. The number of hydrogen-bond donors (Lipinski definition) is 1. The van der Waals surface area contributed by atoms with Crippen LogP contribution in [0.2, 0.25) is 0 Å². The summed E-state index contributed by atoms with van der Waals surface area (Å²) in [6.07, 6.45) is 0. The van der Waals surface area contributed by atoms with Crippen LogP contribution in [0.4, 0.5) is 0 Å². The standard InChI is InChI=1S/C9H15N3O3S/c1-5(2)12-8(14)10-11-9(12)16-6(3)7(13)15-4/h5-6H,1-4H3,(H,10,14). The van der Waals surface area contributed by atoms with E-state index in [1.807, 2.05) is 13.8 Å². The third-order valence-electron chi connectivity index (χ3n) is 2.00. The van der Waals surface area contributed by atoms with E-state index in [2.05, 4.69) is 14.9 Å². The molecule has 0 spiro atoms. The Morgan fingerprint density at radius 1 is 1.50 bits per heavy atom. The zero-order chi connectivity index (χ0) is 12.3. The molecule has 0 radical (unpaired) electrons. The van der Waals surface area contributed by atoms with E-state index < -0.39 is 5.25 Å². The van der Waals surface area contributed by atoms with Crippen LogP contribution in [0.25, 0.3) is 0 Å². The summed E-state index contributed by atoms with van der Waals surface area (Å²) in [5.41, 5.74) is -0.269. The van der Waals surface area contributed by atoms with Crippen molar-refractivity contribution >= 4 is 17.7 Å². The molecule has 1 aromatic heterocycles. The Kier molecular flexibility index (Phi) is 4.17. The molecule has 7 heteroatoms. The van der Waals surface area contributed by atoms with E-state index in [9.17, 15) is 9.59 Å². The quantitative estimate of drug-likeness (QED) is 0.627. The van der Waals surface area contributed by atoms with E-state index in [0.29, 0.717) is 5.16 Å². The third-order valence-corrected chi connectivity index (χ3v) is 3.05. The lowest BCUT2D eigenvalue weighted by Crippen LogP contribution is -2.21. The Labute approximate surface area is 97.4 Å². The highest BCUT2D eigenvalue weighted by molar-refractivity contribution is 8.00. The first-order chi connectivity index (χ1) is 7.47. The van der Waals surface area contributed by atoms with Crippen LogP contribution >= 0.6 is 11.8 Å². The lowest BCUT2D eigenvalue weighted by Gasteiger charge is -2.11. The summed E-state index contributed by atoms with van der Waals surface area (Å²) >= 11 is 1.20. The maximum atomic E-state index is 11.4. The lowest BCUT2D eigenvalue weighted by atomic mass is 10.4. The van der Waals surface area contributed by atoms with Crippen LogP contribution in [-0.4, -0.2) is 33.1 Å².